The molecule has 0 N–H and O–H groups in total. The average molecular weight is 275 g/mol. The largest absolute Gasteiger partial charge is 0.482 e. The molecule has 0 bridgehead atoms. The minimum absolute atomic E-state index is 0.0192. The average Bonchev–Trinajstić information content (AvgIpc) is 2.12. The van der Waals surface area contributed by atoms with Crippen LogP contribution in [0.25, 0.3) is 0 Å². The molecular formula is C8H6INO2. The lowest BCUT2D eigenvalue weighted by molar-refractivity contribution is -0.119. The Kier molecular flexibility index (Phi) is 1.92. The Balaban J connectivity index is 2.48. The highest BCUT2D eigenvalue weighted by Gasteiger charge is 2.22. The molecule has 1 heterocycles. The van der Waals surface area contributed by atoms with Crippen molar-refractivity contribution < 1.29 is 9.53 Å². The summed E-state index contributed by atoms with van der Waals surface area (Å²) >= 11 is 1.98. The molecule has 0 radical (unpaired) electrons. The molecule has 0 atom stereocenters. The van der Waals surface area contributed by atoms with Gasteiger partial charge in [-0.15, -0.1) is 0 Å². The van der Waals surface area contributed by atoms with Crippen LogP contribution in [0.5, 0.6) is 5.75 Å². The normalized spacial score (nSPS) is 15.4. The van der Waals surface area contributed by atoms with Gasteiger partial charge in [0.2, 0.25) is 0 Å². The number of hydrogen-bond donors (Lipinski definition) is 0. The molecule has 0 fully saturated rings. The highest BCUT2D eigenvalue weighted by Crippen LogP contribution is 2.33. The van der Waals surface area contributed by atoms with Gasteiger partial charge in [0.05, 0.1) is 28.6 Å². The molecule has 4 heteroatoms. The van der Waals surface area contributed by atoms with Crippen molar-refractivity contribution in [3.8, 4) is 5.75 Å². The zero-order chi connectivity index (χ0) is 8.55. The number of carbonyl (C=O) groups excluding carboxylic acids is 1. The molecule has 3 nitrogen and oxygen atoms in total. The van der Waals surface area contributed by atoms with Gasteiger partial charge in [-0.25, -0.2) is 3.11 Å². The van der Waals surface area contributed by atoms with Crippen LogP contribution < -0.4 is 7.85 Å². The van der Waals surface area contributed by atoms with E-state index in [9.17, 15) is 4.79 Å². The number of halogens is 1. The summed E-state index contributed by atoms with van der Waals surface area (Å²) in [5, 5.41) is 0. The second-order valence-corrected chi connectivity index (χ2v) is 3.40. The number of anilines is 1. The molecule has 12 heavy (non-hydrogen) atoms. The zero-order valence-electron chi connectivity index (χ0n) is 6.16. The molecule has 0 saturated heterocycles. The van der Waals surface area contributed by atoms with E-state index < -0.39 is 0 Å². The number of fused-ring (bicyclic) bond motifs is 1. The van der Waals surface area contributed by atoms with E-state index in [1.54, 1.807) is 3.11 Å². The van der Waals surface area contributed by atoms with Crippen LogP contribution in [0, 0.1) is 0 Å². The van der Waals surface area contributed by atoms with E-state index in [1.807, 2.05) is 47.1 Å². The van der Waals surface area contributed by atoms with Gasteiger partial charge in [0.15, 0.2) is 6.61 Å². The molecule has 0 aliphatic carbocycles. The van der Waals surface area contributed by atoms with E-state index in [2.05, 4.69) is 0 Å². The minimum Gasteiger partial charge on any atom is -0.482 e. The maximum absolute atomic E-state index is 11.2. The Labute approximate surface area is 83.8 Å². The third kappa shape index (κ3) is 1.16. The van der Waals surface area contributed by atoms with E-state index in [0.29, 0.717) is 0 Å². The maximum atomic E-state index is 11.2. The Hall–Kier alpha value is -0.780. The standard InChI is InChI=1S/C8H6INO2/c9-10-6-3-1-2-4-7(6)12-5-8(10)11/h1-4H,5H2. The predicted molar refractivity (Wildman–Crippen MR) is 53.4 cm³/mol. The SMILES string of the molecule is O=C1COc2ccccc2N1I. The smallest absolute Gasteiger partial charge is 0.273 e. The molecule has 1 aromatic carbocycles. The van der Waals surface area contributed by atoms with Crippen molar-refractivity contribution in [1.29, 1.82) is 0 Å². The lowest BCUT2D eigenvalue weighted by Gasteiger charge is -2.23. The highest BCUT2D eigenvalue weighted by atomic mass is 127. The Morgan fingerprint density at radius 3 is 3.00 bits per heavy atom. The monoisotopic (exact) mass is 275 g/mol. The van der Waals surface area contributed by atoms with E-state index >= 15 is 0 Å². The first-order chi connectivity index (χ1) is 5.79. The van der Waals surface area contributed by atoms with Gasteiger partial charge in [-0.05, 0) is 12.1 Å². The summed E-state index contributed by atoms with van der Waals surface area (Å²) in [4.78, 5) is 11.2. The highest BCUT2D eigenvalue weighted by molar-refractivity contribution is 14.1. The Morgan fingerprint density at radius 2 is 2.17 bits per heavy atom. The van der Waals surface area contributed by atoms with Gasteiger partial charge in [-0.1, -0.05) is 12.1 Å². The van der Waals surface area contributed by atoms with E-state index in [0.717, 1.165) is 11.4 Å². The molecule has 0 aromatic heterocycles. The molecule has 1 aromatic rings. The number of amides is 1. The quantitative estimate of drug-likeness (QED) is 0.533. The fraction of sp³-hybridized carbons (Fsp3) is 0.125. The summed E-state index contributed by atoms with van der Waals surface area (Å²) in [6, 6.07) is 7.48. The fourth-order valence-corrected chi connectivity index (χ4v) is 1.61. The van der Waals surface area contributed by atoms with E-state index in [1.165, 1.54) is 0 Å². The number of nitrogens with zero attached hydrogens (tertiary/aromatic N) is 1. The Bertz CT molecular complexity index is 327. The van der Waals surface area contributed by atoms with Crippen molar-refractivity contribution in [3.05, 3.63) is 24.3 Å². The molecule has 1 aliphatic rings. The number of carbonyl (C=O) groups is 1. The summed E-state index contributed by atoms with van der Waals surface area (Å²) in [7, 11) is 0. The molecule has 0 unspecified atom stereocenters. The summed E-state index contributed by atoms with van der Waals surface area (Å²) in [6.07, 6.45) is 0. The van der Waals surface area contributed by atoms with Crippen molar-refractivity contribution in [2.24, 2.45) is 0 Å². The van der Waals surface area contributed by atoms with Crippen molar-refractivity contribution in [2.45, 2.75) is 0 Å². The molecule has 62 valence electrons. The molecule has 2 rings (SSSR count). The summed E-state index contributed by atoms with van der Waals surface area (Å²) in [5.74, 6) is 0.751. The number of rotatable bonds is 0. The van der Waals surface area contributed by atoms with Crippen molar-refractivity contribution in [1.82, 2.24) is 0 Å². The van der Waals surface area contributed by atoms with Crippen LogP contribution in [0.1, 0.15) is 0 Å². The maximum Gasteiger partial charge on any atom is 0.273 e. The van der Waals surface area contributed by atoms with Crippen LogP contribution in [-0.4, -0.2) is 12.5 Å². The molecular weight excluding hydrogens is 269 g/mol. The van der Waals surface area contributed by atoms with Crippen molar-refractivity contribution in [3.63, 3.8) is 0 Å². The molecule has 0 spiro atoms. The van der Waals surface area contributed by atoms with Gasteiger partial charge >= 0.3 is 0 Å². The first-order valence-electron chi connectivity index (χ1n) is 3.49. The number of para-hydroxylation sites is 2. The summed E-state index contributed by atoms with van der Waals surface area (Å²) in [5.41, 5.74) is 0.828. The second kappa shape index (κ2) is 2.93. The third-order valence-electron chi connectivity index (χ3n) is 1.65. The van der Waals surface area contributed by atoms with E-state index in [-0.39, 0.29) is 12.5 Å². The van der Waals surface area contributed by atoms with Crippen LogP contribution in [0.4, 0.5) is 5.69 Å². The first-order valence-corrected chi connectivity index (χ1v) is 4.46. The van der Waals surface area contributed by atoms with Crippen LogP contribution in [0.3, 0.4) is 0 Å². The summed E-state index contributed by atoms with van der Waals surface area (Å²) in [6.45, 7) is 0.139. The van der Waals surface area contributed by atoms with Crippen LogP contribution >= 0.6 is 22.9 Å². The van der Waals surface area contributed by atoms with Gasteiger partial charge in [0, 0.05) is 0 Å². The van der Waals surface area contributed by atoms with Crippen molar-refractivity contribution >= 4 is 34.5 Å². The lowest BCUT2D eigenvalue weighted by Crippen LogP contribution is -2.30. The van der Waals surface area contributed by atoms with Gasteiger partial charge in [-0.3, -0.25) is 4.79 Å². The number of ether oxygens (including phenoxy) is 1. The second-order valence-electron chi connectivity index (χ2n) is 2.43. The topological polar surface area (TPSA) is 29.5 Å². The molecule has 1 amide bonds. The first kappa shape index (κ1) is 7.85. The van der Waals surface area contributed by atoms with Gasteiger partial charge in [0.1, 0.15) is 5.75 Å². The summed E-state index contributed by atoms with van der Waals surface area (Å²) < 4.78 is 6.79. The van der Waals surface area contributed by atoms with Crippen LogP contribution in [0.2, 0.25) is 0 Å². The minimum atomic E-state index is -0.0192. The molecule has 0 saturated carbocycles. The number of benzene rings is 1. The predicted octanol–water partition coefficient (Wildman–Crippen LogP) is 1.76. The zero-order valence-corrected chi connectivity index (χ0v) is 8.32. The molecule has 1 aliphatic heterocycles. The van der Waals surface area contributed by atoms with Gasteiger partial charge in [0.25, 0.3) is 5.91 Å². The fourth-order valence-electron chi connectivity index (χ4n) is 1.07. The van der Waals surface area contributed by atoms with Crippen LogP contribution in [0.15, 0.2) is 24.3 Å². The third-order valence-corrected chi connectivity index (χ3v) is 2.70. The lowest BCUT2D eigenvalue weighted by atomic mass is 10.2. The van der Waals surface area contributed by atoms with Crippen molar-refractivity contribution in [2.75, 3.05) is 9.72 Å². The van der Waals surface area contributed by atoms with Gasteiger partial charge in [-0.2, -0.15) is 0 Å². The number of hydrogen-bond acceptors (Lipinski definition) is 2. The van der Waals surface area contributed by atoms with Crippen LogP contribution in [-0.2, 0) is 4.79 Å². The van der Waals surface area contributed by atoms with Gasteiger partial charge < -0.3 is 4.74 Å². The van der Waals surface area contributed by atoms with E-state index in [4.69, 9.17) is 4.74 Å². The Morgan fingerprint density at radius 1 is 1.42 bits per heavy atom.